The molecule has 0 amide bonds. The summed E-state index contributed by atoms with van der Waals surface area (Å²) >= 11 is 11.5. The van der Waals surface area contributed by atoms with Gasteiger partial charge in [0, 0.05) is 11.6 Å². The molecule has 2 aromatic rings. The van der Waals surface area contributed by atoms with Crippen molar-refractivity contribution in [3.05, 3.63) is 63.7 Å². The smallest absolute Gasteiger partial charge is 0.201 e. The monoisotopic (exact) mass is 313 g/mol. The highest BCUT2D eigenvalue weighted by Crippen LogP contribution is 2.23. The standard InChI is InChI=1S/C13H9Cl2NO2S/c14-11-3-1-2-4-12(11)19(17,18)8-7-10-5-6-13(15)16-9-10/h1-9H/b8-7+. The lowest BCUT2D eigenvalue weighted by atomic mass is 10.3. The molecule has 19 heavy (non-hydrogen) atoms. The molecule has 0 aliphatic carbocycles. The minimum Gasteiger partial charge on any atom is -0.244 e. The molecule has 0 aliphatic rings. The number of pyridine rings is 1. The highest BCUT2D eigenvalue weighted by atomic mass is 35.5. The van der Waals surface area contributed by atoms with E-state index in [2.05, 4.69) is 4.98 Å². The Hall–Kier alpha value is -1.36. The number of aromatic nitrogens is 1. The second kappa shape index (κ2) is 5.74. The fraction of sp³-hybridized carbons (Fsp3) is 0. The van der Waals surface area contributed by atoms with Crippen molar-refractivity contribution < 1.29 is 8.42 Å². The van der Waals surface area contributed by atoms with Gasteiger partial charge < -0.3 is 0 Å². The first-order valence-corrected chi connectivity index (χ1v) is 7.58. The van der Waals surface area contributed by atoms with Crippen LogP contribution in [0.3, 0.4) is 0 Å². The van der Waals surface area contributed by atoms with Crippen molar-refractivity contribution in [3.8, 4) is 0 Å². The topological polar surface area (TPSA) is 47.0 Å². The molecule has 98 valence electrons. The molecule has 0 spiro atoms. The molecule has 6 heteroatoms. The SMILES string of the molecule is O=S(=O)(/C=C/c1ccc(Cl)nc1)c1ccccc1Cl. The van der Waals surface area contributed by atoms with Crippen molar-refractivity contribution in [1.29, 1.82) is 0 Å². The van der Waals surface area contributed by atoms with Crippen LogP contribution in [0.25, 0.3) is 6.08 Å². The molecule has 0 saturated carbocycles. The minimum atomic E-state index is -3.57. The Balaban J connectivity index is 2.32. The van der Waals surface area contributed by atoms with E-state index in [-0.39, 0.29) is 9.92 Å². The predicted molar refractivity (Wildman–Crippen MR) is 76.9 cm³/mol. The van der Waals surface area contributed by atoms with Crippen LogP contribution in [0.4, 0.5) is 0 Å². The van der Waals surface area contributed by atoms with E-state index in [1.165, 1.54) is 24.4 Å². The fourth-order valence-electron chi connectivity index (χ4n) is 1.40. The summed E-state index contributed by atoms with van der Waals surface area (Å²) < 4.78 is 24.2. The maximum atomic E-state index is 12.1. The van der Waals surface area contributed by atoms with Gasteiger partial charge in [0.1, 0.15) is 5.15 Å². The van der Waals surface area contributed by atoms with Gasteiger partial charge in [-0.1, -0.05) is 41.4 Å². The molecule has 2 rings (SSSR count). The van der Waals surface area contributed by atoms with Crippen LogP contribution in [-0.2, 0) is 9.84 Å². The average Bonchev–Trinajstić information content (AvgIpc) is 2.38. The van der Waals surface area contributed by atoms with E-state index >= 15 is 0 Å². The van der Waals surface area contributed by atoms with E-state index in [1.807, 2.05) is 0 Å². The van der Waals surface area contributed by atoms with Crippen molar-refractivity contribution in [2.75, 3.05) is 0 Å². The summed E-state index contributed by atoms with van der Waals surface area (Å²) in [6, 6.07) is 9.55. The second-order valence-corrected chi connectivity index (χ2v) is 6.29. The molecule has 1 heterocycles. The van der Waals surface area contributed by atoms with Gasteiger partial charge in [0.2, 0.25) is 9.84 Å². The minimum absolute atomic E-state index is 0.0786. The summed E-state index contributed by atoms with van der Waals surface area (Å²) in [6.07, 6.45) is 2.93. The van der Waals surface area contributed by atoms with Crippen LogP contribution in [0.2, 0.25) is 10.2 Å². The number of hydrogen-bond acceptors (Lipinski definition) is 3. The average molecular weight is 314 g/mol. The van der Waals surface area contributed by atoms with Gasteiger partial charge in [0.15, 0.2) is 0 Å². The van der Waals surface area contributed by atoms with Crippen LogP contribution in [0, 0.1) is 0 Å². The van der Waals surface area contributed by atoms with Crippen molar-refractivity contribution in [2.24, 2.45) is 0 Å². The maximum Gasteiger partial charge on any atom is 0.201 e. The maximum absolute atomic E-state index is 12.1. The van der Waals surface area contributed by atoms with Gasteiger partial charge in [-0.25, -0.2) is 13.4 Å². The molecule has 0 radical (unpaired) electrons. The molecule has 1 aromatic carbocycles. The molecule has 1 aromatic heterocycles. The predicted octanol–water partition coefficient (Wildman–Crippen LogP) is 3.83. The highest BCUT2D eigenvalue weighted by Gasteiger charge is 2.13. The second-order valence-electron chi connectivity index (χ2n) is 3.69. The Bertz CT molecular complexity index is 710. The lowest BCUT2D eigenvalue weighted by Gasteiger charge is -2.01. The van der Waals surface area contributed by atoms with Gasteiger partial charge in [-0.3, -0.25) is 0 Å². The number of benzene rings is 1. The molecular formula is C13H9Cl2NO2S. The molecule has 0 bridgehead atoms. The third-order valence-corrected chi connectivity index (χ3v) is 4.46. The Morgan fingerprint density at radius 3 is 2.42 bits per heavy atom. The van der Waals surface area contributed by atoms with Crippen LogP contribution in [0.5, 0.6) is 0 Å². The third-order valence-electron chi connectivity index (χ3n) is 2.33. The molecule has 0 unspecified atom stereocenters. The summed E-state index contributed by atoms with van der Waals surface area (Å²) in [7, 11) is -3.57. The van der Waals surface area contributed by atoms with E-state index in [9.17, 15) is 8.42 Å². The van der Waals surface area contributed by atoms with Crippen molar-refractivity contribution in [1.82, 2.24) is 4.98 Å². The Morgan fingerprint density at radius 1 is 1.05 bits per heavy atom. The Kier molecular flexibility index (Phi) is 4.24. The van der Waals surface area contributed by atoms with Gasteiger partial charge in [-0.05, 0) is 29.8 Å². The van der Waals surface area contributed by atoms with Crippen molar-refractivity contribution in [3.63, 3.8) is 0 Å². The molecule has 0 saturated heterocycles. The van der Waals surface area contributed by atoms with E-state index < -0.39 is 9.84 Å². The third kappa shape index (κ3) is 3.56. The first-order chi connectivity index (χ1) is 8.99. The Labute approximate surface area is 121 Å². The molecule has 0 aliphatic heterocycles. The van der Waals surface area contributed by atoms with Crippen molar-refractivity contribution >= 4 is 39.1 Å². The molecular weight excluding hydrogens is 305 g/mol. The molecule has 3 nitrogen and oxygen atoms in total. The van der Waals surface area contributed by atoms with Gasteiger partial charge >= 0.3 is 0 Å². The number of halogens is 2. The van der Waals surface area contributed by atoms with E-state index in [4.69, 9.17) is 23.2 Å². The summed E-state index contributed by atoms with van der Waals surface area (Å²) in [5.41, 5.74) is 0.639. The Morgan fingerprint density at radius 2 is 1.79 bits per heavy atom. The summed E-state index contributed by atoms with van der Waals surface area (Å²) in [5, 5.41) is 1.64. The van der Waals surface area contributed by atoms with Gasteiger partial charge in [0.05, 0.1) is 9.92 Å². The van der Waals surface area contributed by atoms with E-state index in [0.29, 0.717) is 10.7 Å². The summed E-state index contributed by atoms with van der Waals surface area (Å²) in [5.74, 6) is 0. The lowest BCUT2D eigenvalue weighted by Crippen LogP contribution is -1.96. The van der Waals surface area contributed by atoms with Crippen LogP contribution in [0.1, 0.15) is 5.56 Å². The zero-order valence-corrected chi connectivity index (χ0v) is 12.0. The van der Waals surface area contributed by atoms with Crippen LogP contribution < -0.4 is 0 Å². The number of sulfone groups is 1. The van der Waals surface area contributed by atoms with Crippen LogP contribution in [0.15, 0.2) is 52.9 Å². The van der Waals surface area contributed by atoms with Gasteiger partial charge in [-0.15, -0.1) is 0 Å². The molecule has 0 N–H and O–H groups in total. The van der Waals surface area contributed by atoms with E-state index in [1.54, 1.807) is 24.3 Å². The highest BCUT2D eigenvalue weighted by molar-refractivity contribution is 7.94. The number of nitrogens with zero attached hydrogens (tertiary/aromatic N) is 1. The van der Waals surface area contributed by atoms with Gasteiger partial charge in [0.25, 0.3) is 0 Å². The zero-order valence-electron chi connectivity index (χ0n) is 9.62. The van der Waals surface area contributed by atoms with E-state index in [0.717, 1.165) is 5.41 Å². The normalized spacial score (nSPS) is 11.9. The van der Waals surface area contributed by atoms with Crippen molar-refractivity contribution in [2.45, 2.75) is 4.90 Å². The van der Waals surface area contributed by atoms with Gasteiger partial charge in [-0.2, -0.15) is 0 Å². The number of rotatable bonds is 3. The summed E-state index contributed by atoms with van der Waals surface area (Å²) in [4.78, 5) is 3.94. The molecule has 0 atom stereocenters. The molecule has 0 fully saturated rings. The zero-order chi connectivity index (χ0) is 13.9. The van der Waals surface area contributed by atoms with Crippen LogP contribution >= 0.6 is 23.2 Å². The lowest BCUT2D eigenvalue weighted by molar-refractivity contribution is 0.605. The quantitative estimate of drug-likeness (QED) is 0.809. The van der Waals surface area contributed by atoms with Crippen LogP contribution in [-0.4, -0.2) is 13.4 Å². The summed E-state index contributed by atoms with van der Waals surface area (Å²) in [6.45, 7) is 0. The first kappa shape index (κ1) is 14.1. The number of hydrogen-bond donors (Lipinski definition) is 0. The fourth-order valence-corrected chi connectivity index (χ4v) is 3.06. The first-order valence-electron chi connectivity index (χ1n) is 5.28. The largest absolute Gasteiger partial charge is 0.244 e.